The van der Waals surface area contributed by atoms with Crippen LogP contribution in [0.4, 0.5) is 4.79 Å². The van der Waals surface area contributed by atoms with Crippen molar-refractivity contribution < 1.29 is 19.1 Å². The zero-order chi connectivity index (χ0) is 27.5. The zero-order valence-electron chi connectivity index (χ0n) is 23.8. The van der Waals surface area contributed by atoms with Crippen molar-refractivity contribution in [2.45, 2.75) is 104 Å². The van der Waals surface area contributed by atoms with Crippen LogP contribution in [0, 0.1) is 0 Å². The molecule has 6 heteroatoms. The summed E-state index contributed by atoms with van der Waals surface area (Å²) in [7, 11) is 0. The van der Waals surface area contributed by atoms with E-state index < -0.39 is 17.3 Å². The van der Waals surface area contributed by atoms with Gasteiger partial charge in [0.25, 0.3) is 0 Å². The van der Waals surface area contributed by atoms with E-state index in [0.717, 1.165) is 25.8 Å². The van der Waals surface area contributed by atoms with Crippen LogP contribution < -0.4 is 5.32 Å². The van der Waals surface area contributed by atoms with Crippen LogP contribution in [-0.4, -0.2) is 40.8 Å². The monoisotopic (exact) mass is 510 g/mol. The zero-order valence-corrected chi connectivity index (χ0v) is 23.8. The molecule has 0 aliphatic carbocycles. The van der Waals surface area contributed by atoms with E-state index in [2.05, 4.69) is 53.5 Å². The number of esters is 1. The van der Waals surface area contributed by atoms with Crippen molar-refractivity contribution in [3.63, 3.8) is 0 Å². The molecule has 0 bridgehead atoms. The van der Waals surface area contributed by atoms with Crippen LogP contribution in [0.25, 0.3) is 0 Å². The van der Waals surface area contributed by atoms with Gasteiger partial charge in [0, 0.05) is 25.2 Å². The van der Waals surface area contributed by atoms with Crippen molar-refractivity contribution in [2.24, 2.45) is 0 Å². The standard InChI is InChI=1S/C31H46N2O4/c1-24(26-18-12-9-13-19-26)33(23-25-16-10-8-11-17-25)27(22-28(34)36-30(2,3)4)20-14-15-21-32-29(35)37-31(5,6)7/h8-13,16-19,24,27H,14-15,20-23H2,1-7H3,(H,32,35)/t24-,27-/m0/s1. The molecule has 1 N–H and O–H groups in total. The smallest absolute Gasteiger partial charge is 0.407 e. The van der Waals surface area contributed by atoms with Gasteiger partial charge in [-0.25, -0.2) is 4.79 Å². The molecule has 0 aliphatic heterocycles. The Balaban J connectivity index is 2.17. The Morgan fingerprint density at radius 2 is 1.41 bits per heavy atom. The molecule has 2 atom stereocenters. The second-order valence-corrected chi connectivity index (χ2v) is 11.6. The number of alkyl carbamates (subject to hydrolysis) is 1. The van der Waals surface area contributed by atoms with Crippen LogP contribution in [0.3, 0.4) is 0 Å². The highest BCUT2D eigenvalue weighted by molar-refractivity contribution is 5.70. The van der Waals surface area contributed by atoms with E-state index in [4.69, 9.17) is 9.47 Å². The molecule has 2 aromatic rings. The van der Waals surface area contributed by atoms with Crippen molar-refractivity contribution in [3.8, 4) is 0 Å². The minimum atomic E-state index is -0.533. The fraction of sp³-hybridized carbons (Fsp3) is 0.548. The Hall–Kier alpha value is -2.86. The second-order valence-electron chi connectivity index (χ2n) is 11.6. The average Bonchev–Trinajstić information content (AvgIpc) is 2.80. The molecule has 0 radical (unpaired) electrons. The molecule has 37 heavy (non-hydrogen) atoms. The van der Waals surface area contributed by atoms with E-state index in [1.165, 1.54) is 11.1 Å². The first kappa shape index (κ1) is 30.4. The van der Waals surface area contributed by atoms with Gasteiger partial charge in [0.15, 0.2) is 0 Å². The molecule has 1 amide bonds. The Morgan fingerprint density at radius 1 is 0.838 bits per heavy atom. The highest BCUT2D eigenvalue weighted by Crippen LogP contribution is 2.29. The molecule has 2 aromatic carbocycles. The van der Waals surface area contributed by atoms with Crippen LogP contribution in [0.5, 0.6) is 0 Å². The van der Waals surface area contributed by atoms with Gasteiger partial charge in [-0.3, -0.25) is 9.69 Å². The number of ether oxygens (including phenoxy) is 2. The summed E-state index contributed by atoms with van der Waals surface area (Å²) in [6.07, 6.45) is 2.36. The Labute approximate surface area is 223 Å². The topological polar surface area (TPSA) is 67.9 Å². The molecule has 204 valence electrons. The van der Waals surface area contributed by atoms with Crippen molar-refractivity contribution in [2.75, 3.05) is 6.54 Å². The van der Waals surface area contributed by atoms with E-state index in [0.29, 0.717) is 13.0 Å². The number of nitrogens with one attached hydrogen (secondary N) is 1. The average molecular weight is 511 g/mol. The summed E-state index contributed by atoms with van der Waals surface area (Å²) in [5, 5.41) is 2.84. The molecule has 0 aliphatic rings. The molecule has 0 aromatic heterocycles. The van der Waals surface area contributed by atoms with Crippen molar-refractivity contribution in [3.05, 3.63) is 71.8 Å². The maximum absolute atomic E-state index is 13.0. The maximum Gasteiger partial charge on any atom is 0.407 e. The number of carbonyl (C=O) groups is 2. The van der Waals surface area contributed by atoms with E-state index in [-0.39, 0.29) is 18.1 Å². The lowest BCUT2D eigenvalue weighted by Gasteiger charge is -2.37. The first-order valence-electron chi connectivity index (χ1n) is 13.4. The summed E-state index contributed by atoms with van der Waals surface area (Å²) in [6, 6.07) is 20.8. The molecule has 2 rings (SSSR count). The van der Waals surface area contributed by atoms with Crippen LogP contribution >= 0.6 is 0 Å². The molecule has 6 nitrogen and oxygen atoms in total. The summed E-state index contributed by atoms with van der Waals surface area (Å²) >= 11 is 0. The number of hydrogen-bond acceptors (Lipinski definition) is 5. The van der Waals surface area contributed by atoms with Gasteiger partial charge in [-0.2, -0.15) is 0 Å². The van der Waals surface area contributed by atoms with Gasteiger partial charge < -0.3 is 14.8 Å². The molecule has 0 saturated carbocycles. The fourth-order valence-electron chi connectivity index (χ4n) is 4.27. The summed E-state index contributed by atoms with van der Waals surface area (Å²) in [4.78, 5) is 27.4. The Kier molecular flexibility index (Phi) is 11.6. The third-order valence-corrected chi connectivity index (χ3v) is 5.91. The van der Waals surface area contributed by atoms with Gasteiger partial charge in [-0.1, -0.05) is 67.1 Å². The quantitative estimate of drug-likeness (QED) is 0.245. The summed E-state index contributed by atoms with van der Waals surface area (Å²) in [6.45, 7) is 14.7. The second kappa shape index (κ2) is 14.2. The SMILES string of the molecule is C[C@@H](c1ccccc1)N(Cc1ccccc1)[C@@H](CCCCNC(=O)OC(C)(C)C)CC(=O)OC(C)(C)C. The molecule has 0 spiro atoms. The maximum atomic E-state index is 13.0. The first-order chi connectivity index (χ1) is 17.3. The number of hydrogen-bond donors (Lipinski definition) is 1. The van der Waals surface area contributed by atoms with Crippen LogP contribution in [-0.2, 0) is 20.8 Å². The molecule has 0 saturated heterocycles. The Bertz CT molecular complexity index is 949. The molecule has 0 fully saturated rings. The minimum absolute atomic E-state index is 0.0215. The molecule has 0 unspecified atom stereocenters. The first-order valence-corrected chi connectivity index (χ1v) is 13.4. The largest absolute Gasteiger partial charge is 0.460 e. The van der Waals surface area contributed by atoms with Gasteiger partial charge >= 0.3 is 12.1 Å². The lowest BCUT2D eigenvalue weighted by molar-refractivity contribution is -0.156. The summed E-state index contributed by atoms with van der Waals surface area (Å²) < 4.78 is 11.1. The predicted octanol–water partition coefficient (Wildman–Crippen LogP) is 7.05. The summed E-state index contributed by atoms with van der Waals surface area (Å²) in [5.41, 5.74) is 1.35. The van der Waals surface area contributed by atoms with E-state index in [1.807, 2.05) is 65.8 Å². The van der Waals surface area contributed by atoms with Crippen molar-refractivity contribution in [1.29, 1.82) is 0 Å². The minimum Gasteiger partial charge on any atom is -0.460 e. The number of rotatable bonds is 12. The predicted molar refractivity (Wildman–Crippen MR) is 149 cm³/mol. The Morgan fingerprint density at radius 3 is 1.97 bits per heavy atom. The van der Waals surface area contributed by atoms with Gasteiger partial charge in [0.1, 0.15) is 11.2 Å². The molecular weight excluding hydrogens is 464 g/mol. The van der Waals surface area contributed by atoms with Crippen LogP contribution in [0.1, 0.15) is 91.3 Å². The van der Waals surface area contributed by atoms with Gasteiger partial charge in [-0.15, -0.1) is 0 Å². The van der Waals surface area contributed by atoms with Crippen molar-refractivity contribution in [1.82, 2.24) is 10.2 Å². The third-order valence-electron chi connectivity index (χ3n) is 5.91. The highest BCUT2D eigenvalue weighted by Gasteiger charge is 2.29. The molecule has 0 heterocycles. The third kappa shape index (κ3) is 12.3. The van der Waals surface area contributed by atoms with Gasteiger partial charge in [0.05, 0.1) is 6.42 Å². The van der Waals surface area contributed by atoms with Crippen molar-refractivity contribution >= 4 is 12.1 Å². The van der Waals surface area contributed by atoms with Gasteiger partial charge in [-0.05, 0) is 72.4 Å². The number of nitrogens with zero attached hydrogens (tertiary/aromatic N) is 1. The van der Waals surface area contributed by atoms with Crippen LogP contribution in [0.2, 0.25) is 0 Å². The number of carbonyl (C=O) groups excluding carboxylic acids is 2. The normalized spacial score (nSPS) is 13.6. The van der Waals surface area contributed by atoms with E-state index in [9.17, 15) is 9.59 Å². The lowest BCUT2D eigenvalue weighted by Crippen LogP contribution is -2.40. The van der Waals surface area contributed by atoms with Crippen LogP contribution in [0.15, 0.2) is 60.7 Å². The summed E-state index contributed by atoms with van der Waals surface area (Å²) in [5.74, 6) is -0.192. The van der Waals surface area contributed by atoms with E-state index >= 15 is 0 Å². The lowest BCUT2D eigenvalue weighted by atomic mass is 9.98. The number of benzene rings is 2. The van der Waals surface area contributed by atoms with E-state index in [1.54, 1.807) is 0 Å². The number of unbranched alkanes of at least 4 members (excludes halogenated alkanes) is 1. The fourth-order valence-corrected chi connectivity index (χ4v) is 4.27. The van der Waals surface area contributed by atoms with Gasteiger partial charge in [0.2, 0.25) is 0 Å². The highest BCUT2D eigenvalue weighted by atomic mass is 16.6. The molecular formula is C31H46N2O4. The number of amides is 1.